The average Bonchev–Trinajstić information content (AvgIpc) is 3.50. The van der Waals surface area contributed by atoms with Crippen LogP contribution in [0.4, 0.5) is 15.7 Å². The van der Waals surface area contributed by atoms with Crippen molar-refractivity contribution in [2.75, 3.05) is 24.4 Å². The highest BCUT2D eigenvalue weighted by atomic mass is 32.1. The summed E-state index contributed by atoms with van der Waals surface area (Å²) < 4.78 is 8.92. The number of aromatic amines is 1. The van der Waals surface area contributed by atoms with E-state index in [9.17, 15) is 4.79 Å². The van der Waals surface area contributed by atoms with Crippen molar-refractivity contribution >= 4 is 39.5 Å². The van der Waals surface area contributed by atoms with Crippen LogP contribution in [-0.4, -0.2) is 56.6 Å². The maximum Gasteiger partial charge on any atom is 0.329 e. The Morgan fingerprint density at radius 1 is 1.27 bits per heavy atom. The van der Waals surface area contributed by atoms with Crippen LogP contribution >= 0.6 is 11.5 Å². The average molecular weight is 429 g/mol. The summed E-state index contributed by atoms with van der Waals surface area (Å²) >= 11 is 1.10. The Morgan fingerprint density at radius 2 is 2.07 bits per heavy atom. The second-order valence-electron chi connectivity index (χ2n) is 8.05. The van der Waals surface area contributed by atoms with Gasteiger partial charge in [0.2, 0.25) is 5.13 Å². The number of H-pyrrole nitrogens is 1. The van der Waals surface area contributed by atoms with Crippen molar-refractivity contribution in [1.29, 1.82) is 0 Å². The summed E-state index contributed by atoms with van der Waals surface area (Å²) in [6.07, 6.45) is 7.76. The standard InChI is InChI=1S/C19H24N8O2S/c1-27(16-14-3-4-20-15(14)21-9-22-16)13-7-10-5-12(6-11(10)8-13)23-17(28)24-19-25-18(29-2)26-30-19/h3-4,9-13H,5-8H2,1-2H3,(H,20,21,22)(H2,23,24,25,26,28)/t10-,11?,12-,13-/m1/s1. The van der Waals surface area contributed by atoms with Gasteiger partial charge in [-0.1, -0.05) is 0 Å². The van der Waals surface area contributed by atoms with Crippen molar-refractivity contribution < 1.29 is 9.53 Å². The predicted molar refractivity (Wildman–Crippen MR) is 114 cm³/mol. The zero-order chi connectivity index (χ0) is 20.7. The number of amides is 2. The Labute approximate surface area is 177 Å². The van der Waals surface area contributed by atoms with Crippen molar-refractivity contribution in [3.05, 3.63) is 18.6 Å². The molecule has 10 nitrogen and oxygen atoms in total. The number of anilines is 2. The Hall–Kier alpha value is -2.95. The maximum absolute atomic E-state index is 12.3. The Bertz CT molecular complexity index is 1040. The van der Waals surface area contributed by atoms with Crippen LogP contribution in [0.5, 0.6) is 6.01 Å². The summed E-state index contributed by atoms with van der Waals surface area (Å²) in [4.78, 5) is 30.6. The summed E-state index contributed by atoms with van der Waals surface area (Å²) in [5.41, 5.74) is 0.869. The van der Waals surface area contributed by atoms with Crippen LogP contribution in [0.15, 0.2) is 18.6 Å². The summed E-state index contributed by atoms with van der Waals surface area (Å²) in [7, 11) is 3.62. The third kappa shape index (κ3) is 3.53. The van der Waals surface area contributed by atoms with E-state index in [1.54, 1.807) is 6.33 Å². The lowest BCUT2D eigenvalue weighted by atomic mass is 10.0. The molecule has 0 saturated heterocycles. The molecule has 0 radical (unpaired) electrons. The monoisotopic (exact) mass is 428 g/mol. The molecule has 0 bridgehead atoms. The number of ether oxygens (including phenoxy) is 1. The van der Waals surface area contributed by atoms with Crippen molar-refractivity contribution in [3.63, 3.8) is 0 Å². The molecule has 158 valence electrons. The molecule has 11 heteroatoms. The molecule has 2 amide bonds. The van der Waals surface area contributed by atoms with E-state index in [2.05, 4.69) is 46.9 Å². The lowest BCUT2D eigenvalue weighted by Crippen LogP contribution is -2.37. The molecule has 30 heavy (non-hydrogen) atoms. The zero-order valence-corrected chi connectivity index (χ0v) is 17.6. The summed E-state index contributed by atoms with van der Waals surface area (Å²) in [5.74, 6) is 2.22. The first-order valence-electron chi connectivity index (χ1n) is 10.1. The predicted octanol–water partition coefficient (Wildman–Crippen LogP) is 2.63. The number of rotatable bonds is 5. The highest BCUT2D eigenvalue weighted by Crippen LogP contribution is 2.46. The molecule has 2 aliphatic rings. The molecule has 3 aromatic rings. The summed E-state index contributed by atoms with van der Waals surface area (Å²) in [6.45, 7) is 0. The maximum atomic E-state index is 12.3. The number of aromatic nitrogens is 5. The molecule has 3 heterocycles. The second-order valence-corrected chi connectivity index (χ2v) is 8.80. The van der Waals surface area contributed by atoms with E-state index in [4.69, 9.17) is 4.74 Å². The van der Waals surface area contributed by atoms with Crippen molar-refractivity contribution in [2.24, 2.45) is 11.8 Å². The van der Waals surface area contributed by atoms with Crippen LogP contribution in [0.3, 0.4) is 0 Å². The van der Waals surface area contributed by atoms with Crippen LogP contribution in [0.2, 0.25) is 0 Å². The first-order chi connectivity index (χ1) is 14.6. The Morgan fingerprint density at radius 3 is 2.80 bits per heavy atom. The van der Waals surface area contributed by atoms with E-state index in [1.807, 2.05) is 12.3 Å². The molecule has 5 rings (SSSR count). The van der Waals surface area contributed by atoms with Gasteiger partial charge in [0.25, 0.3) is 0 Å². The molecule has 3 N–H and O–H groups in total. The van der Waals surface area contributed by atoms with Gasteiger partial charge in [0.1, 0.15) is 17.8 Å². The highest BCUT2D eigenvalue weighted by Gasteiger charge is 2.43. The van der Waals surface area contributed by atoms with E-state index in [1.165, 1.54) is 7.11 Å². The number of nitrogens with zero attached hydrogens (tertiary/aromatic N) is 5. The number of hydrogen-bond acceptors (Lipinski definition) is 8. The highest BCUT2D eigenvalue weighted by molar-refractivity contribution is 7.10. The van der Waals surface area contributed by atoms with Crippen LogP contribution < -0.4 is 20.3 Å². The fraction of sp³-hybridized carbons (Fsp3) is 0.526. The molecule has 3 aromatic heterocycles. The second kappa shape index (κ2) is 7.71. The van der Waals surface area contributed by atoms with Gasteiger partial charge in [-0.05, 0) is 43.6 Å². The number of hydrogen-bond donors (Lipinski definition) is 3. The van der Waals surface area contributed by atoms with Gasteiger partial charge in [0.15, 0.2) is 0 Å². The van der Waals surface area contributed by atoms with E-state index in [-0.39, 0.29) is 18.1 Å². The van der Waals surface area contributed by atoms with Gasteiger partial charge in [-0.2, -0.15) is 4.98 Å². The largest absolute Gasteiger partial charge is 0.466 e. The number of urea groups is 1. The first-order valence-corrected chi connectivity index (χ1v) is 10.8. The van der Waals surface area contributed by atoms with Crippen LogP contribution in [-0.2, 0) is 0 Å². The number of methoxy groups -OCH3 is 1. The molecule has 1 unspecified atom stereocenters. The molecule has 4 atom stereocenters. The van der Waals surface area contributed by atoms with Crippen LogP contribution in [0, 0.1) is 11.8 Å². The zero-order valence-electron chi connectivity index (χ0n) is 16.8. The van der Waals surface area contributed by atoms with Crippen LogP contribution in [0.25, 0.3) is 11.0 Å². The van der Waals surface area contributed by atoms with Gasteiger partial charge in [0, 0.05) is 36.9 Å². The lowest BCUT2D eigenvalue weighted by Gasteiger charge is -2.27. The molecule has 2 aliphatic carbocycles. The fourth-order valence-electron chi connectivity index (χ4n) is 4.99. The van der Waals surface area contributed by atoms with Crippen molar-refractivity contribution in [2.45, 2.75) is 37.8 Å². The Balaban J connectivity index is 1.16. The van der Waals surface area contributed by atoms with E-state index < -0.39 is 0 Å². The number of nitrogens with one attached hydrogen (secondary N) is 3. The molecule has 0 spiro atoms. The first kappa shape index (κ1) is 19.0. The molecular formula is C19H24N8O2S. The van der Waals surface area contributed by atoms with Gasteiger partial charge in [-0.3, -0.25) is 5.32 Å². The van der Waals surface area contributed by atoms with Gasteiger partial charge in [-0.15, -0.1) is 4.37 Å². The minimum atomic E-state index is -0.233. The van der Waals surface area contributed by atoms with Crippen molar-refractivity contribution in [1.82, 2.24) is 29.6 Å². The number of carbonyl (C=O) groups is 1. The third-order valence-electron chi connectivity index (χ3n) is 6.35. The summed E-state index contributed by atoms with van der Waals surface area (Å²) in [5, 5.41) is 7.32. The lowest BCUT2D eigenvalue weighted by molar-refractivity contribution is 0.248. The quantitative estimate of drug-likeness (QED) is 0.571. The Kier molecular flexibility index (Phi) is 4.89. The molecular weight excluding hydrogens is 404 g/mol. The van der Waals surface area contributed by atoms with Crippen LogP contribution in [0.1, 0.15) is 25.7 Å². The molecule has 2 saturated carbocycles. The molecule has 2 fully saturated rings. The van der Waals surface area contributed by atoms with E-state index in [0.717, 1.165) is 54.1 Å². The van der Waals surface area contributed by atoms with Crippen molar-refractivity contribution in [3.8, 4) is 6.01 Å². The van der Waals surface area contributed by atoms with Gasteiger partial charge in [-0.25, -0.2) is 14.8 Å². The number of carbonyl (C=O) groups excluding carboxylic acids is 1. The number of fused-ring (bicyclic) bond motifs is 2. The normalized spacial score (nSPS) is 25.3. The SMILES string of the molecule is COc1nsc(NC(=O)N[C@H]2CC3C[C@H](N(C)c4ncnc5[nH]ccc45)C[C@H]3C2)n1. The topological polar surface area (TPSA) is 121 Å². The molecule has 0 aliphatic heterocycles. The minimum Gasteiger partial charge on any atom is -0.466 e. The summed E-state index contributed by atoms with van der Waals surface area (Å²) in [6, 6.07) is 2.71. The minimum absolute atomic E-state index is 0.191. The third-order valence-corrected chi connectivity index (χ3v) is 6.96. The van der Waals surface area contributed by atoms with E-state index >= 15 is 0 Å². The van der Waals surface area contributed by atoms with Gasteiger partial charge < -0.3 is 19.9 Å². The molecule has 0 aromatic carbocycles. The van der Waals surface area contributed by atoms with Gasteiger partial charge in [0.05, 0.1) is 12.5 Å². The fourth-order valence-corrected chi connectivity index (χ4v) is 5.53. The van der Waals surface area contributed by atoms with E-state index in [0.29, 0.717) is 23.0 Å². The smallest absolute Gasteiger partial charge is 0.329 e. The van der Waals surface area contributed by atoms with Gasteiger partial charge >= 0.3 is 12.0 Å².